The Bertz CT molecular complexity index is 2070. The van der Waals surface area contributed by atoms with Crippen molar-refractivity contribution in [3.8, 4) is 34.3 Å². The van der Waals surface area contributed by atoms with Gasteiger partial charge in [-0.15, -0.1) is 0 Å². The number of carbonyl (C=O) groups is 1. The van der Waals surface area contributed by atoms with Gasteiger partial charge in [0, 0.05) is 41.7 Å². The van der Waals surface area contributed by atoms with Crippen LogP contribution in [-0.4, -0.2) is 25.7 Å². The van der Waals surface area contributed by atoms with Gasteiger partial charge in [0.2, 0.25) is 11.6 Å². The second-order valence-corrected chi connectivity index (χ2v) is 10.3. The summed E-state index contributed by atoms with van der Waals surface area (Å²) >= 11 is 0. The Kier molecular flexibility index (Phi) is 6.74. The van der Waals surface area contributed by atoms with Crippen molar-refractivity contribution in [2.75, 3.05) is 5.32 Å². The molecule has 0 fully saturated rings. The number of fused-ring (bicyclic) bond motifs is 1. The van der Waals surface area contributed by atoms with Crippen LogP contribution in [0.2, 0.25) is 0 Å². The molecule has 218 valence electrons. The molecule has 11 heteroatoms. The number of rotatable bonds is 7. The Morgan fingerprint density at radius 2 is 1.95 bits per heavy atom. The number of allylic oxidation sites excluding steroid dienone is 3. The van der Waals surface area contributed by atoms with Crippen molar-refractivity contribution in [2.24, 2.45) is 12.8 Å². The number of aromatic nitrogens is 4. The monoisotopic (exact) mass is 588 g/mol. The molecule has 3 N–H and O–H groups in total. The number of carbonyl (C=O) groups excluding carboxylic acids is 1. The van der Waals surface area contributed by atoms with Gasteiger partial charge in [0.05, 0.1) is 11.8 Å². The lowest BCUT2D eigenvalue weighted by atomic mass is 9.89. The lowest BCUT2D eigenvalue weighted by Gasteiger charge is -2.16. The fourth-order valence-electron chi connectivity index (χ4n) is 5.19. The third kappa shape index (κ3) is 5.22. The molecule has 1 unspecified atom stereocenters. The Labute approximate surface area is 250 Å². The summed E-state index contributed by atoms with van der Waals surface area (Å²) in [5.74, 6) is 0.995. The molecule has 0 saturated heterocycles. The van der Waals surface area contributed by atoms with Gasteiger partial charge < -0.3 is 24.6 Å². The molecule has 4 aromatic heterocycles. The zero-order chi connectivity index (χ0) is 30.2. The minimum atomic E-state index is -0.446. The van der Waals surface area contributed by atoms with E-state index < -0.39 is 5.91 Å². The number of furan rings is 2. The number of hydrogen-bond donors (Lipinski definition) is 2. The first-order chi connectivity index (χ1) is 21.4. The van der Waals surface area contributed by atoms with Crippen molar-refractivity contribution in [1.82, 2.24) is 19.7 Å². The zero-order valence-electron chi connectivity index (χ0n) is 23.4. The van der Waals surface area contributed by atoms with E-state index in [0.717, 1.165) is 11.1 Å². The lowest BCUT2D eigenvalue weighted by molar-refractivity contribution is 0.0997. The van der Waals surface area contributed by atoms with Crippen molar-refractivity contribution in [2.45, 2.75) is 12.3 Å². The second kappa shape index (κ2) is 11.0. The van der Waals surface area contributed by atoms with Gasteiger partial charge in [-0.3, -0.25) is 9.48 Å². The van der Waals surface area contributed by atoms with Crippen LogP contribution in [0.1, 0.15) is 28.5 Å². The molecule has 6 aromatic rings. The van der Waals surface area contributed by atoms with E-state index >= 15 is 0 Å². The van der Waals surface area contributed by atoms with E-state index in [-0.39, 0.29) is 17.5 Å². The molecule has 1 atom stereocenters. The first-order valence-electron chi connectivity index (χ1n) is 13.8. The molecule has 1 aliphatic carbocycles. The highest BCUT2D eigenvalue weighted by Gasteiger charge is 2.28. The Morgan fingerprint density at radius 3 is 2.73 bits per heavy atom. The third-order valence-electron chi connectivity index (χ3n) is 7.19. The first-order valence-corrected chi connectivity index (χ1v) is 13.8. The van der Waals surface area contributed by atoms with Gasteiger partial charge in [0.25, 0.3) is 5.91 Å². The molecule has 44 heavy (non-hydrogen) atoms. The molecule has 1 aliphatic rings. The number of ether oxygens (including phenoxy) is 1. The lowest BCUT2D eigenvalue weighted by Crippen LogP contribution is -2.10. The summed E-state index contributed by atoms with van der Waals surface area (Å²) in [6, 6.07) is 16.0. The number of nitrogens with zero attached hydrogens (tertiary/aromatic N) is 4. The number of amides is 1. The predicted molar refractivity (Wildman–Crippen MR) is 161 cm³/mol. The highest BCUT2D eigenvalue weighted by molar-refractivity contribution is 6.02. The molecule has 10 nitrogen and oxygen atoms in total. The van der Waals surface area contributed by atoms with E-state index in [1.54, 1.807) is 59.4 Å². The first kappa shape index (κ1) is 26.9. The Morgan fingerprint density at radius 1 is 1.09 bits per heavy atom. The average molecular weight is 589 g/mol. The van der Waals surface area contributed by atoms with Crippen LogP contribution in [0.4, 0.5) is 10.1 Å². The van der Waals surface area contributed by atoms with Crippen molar-refractivity contribution in [1.29, 1.82) is 0 Å². The van der Waals surface area contributed by atoms with Gasteiger partial charge >= 0.3 is 0 Å². The average Bonchev–Trinajstić information content (AvgIpc) is 3.77. The predicted octanol–water partition coefficient (Wildman–Crippen LogP) is 6.95. The smallest absolute Gasteiger partial charge is 0.291 e. The van der Waals surface area contributed by atoms with Crippen LogP contribution in [0.3, 0.4) is 0 Å². The minimum Gasteiger partial charge on any atom is -0.451 e. The van der Waals surface area contributed by atoms with Crippen LogP contribution in [0.5, 0.6) is 11.6 Å². The van der Waals surface area contributed by atoms with E-state index in [2.05, 4.69) is 20.4 Å². The molecule has 1 amide bonds. The van der Waals surface area contributed by atoms with Crippen LogP contribution >= 0.6 is 0 Å². The van der Waals surface area contributed by atoms with Crippen molar-refractivity contribution < 1.29 is 22.8 Å². The van der Waals surface area contributed by atoms with Gasteiger partial charge in [0.15, 0.2) is 5.76 Å². The molecule has 0 aliphatic heterocycles. The maximum absolute atomic E-state index is 13.6. The summed E-state index contributed by atoms with van der Waals surface area (Å²) in [6.07, 6.45) is 11.6. The summed E-state index contributed by atoms with van der Waals surface area (Å²) in [6.45, 7) is 0. The number of benzene rings is 2. The summed E-state index contributed by atoms with van der Waals surface area (Å²) in [4.78, 5) is 21.6. The number of aryl methyl sites for hydroxylation is 1. The number of hydrogen-bond acceptors (Lipinski definition) is 8. The van der Waals surface area contributed by atoms with Crippen LogP contribution < -0.4 is 15.8 Å². The van der Waals surface area contributed by atoms with E-state index in [4.69, 9.17) is 19.3 Å². The van der Waals surface area contributed by atoms with Crippen molar-refractivity contribution >= 4 is 22.7 Å². The Balaban J connectivity index is 1.15. The summed E-state index contributed by atoms with van der Waals surface area (Å²) in [5.41, 5.74) is 9.92. The van der Waals surface area contributed by atoms with Gasteiger partial charge in [-0.05, 0) is 61.0 Å². The standard InChI is InChI=1S/C33H25FN6O4/c1-40-17-21(16-38-40)30-28(20-5-3-7-23(35)15-20)29-32(36-18-37-33(29)44-30)42-25-10-8-24(9-11-25)39-31(41)27-13-12-26(43-27)19-4-2-6-22(34)14-19/h2-4,6-18,20H,5,35H2,1H3,(H,39,41). The van der Waals surface area contributed by atoms with Gasteiger partial charge in [-0.2, -0.15) is 5.10 Å². The van der Waals surface area contributed by atoms with E-state index in [1.807, 2.05) is 31.5 Å². The molecule has 0 radical (unpaired) electrons. The largest absolute Gasteiger partial charge is 0.451 e. The SMILES string of the molecule is Cn1cc(-c2oc3ncnc(Oc4ccc(NC(=O)c5ccc(-c6cccc(F)c6)o5)cc4)c3c2C2C=C(N)C=CC2)cn1. The molecular weight excluding hydrogens is 563 g/mol. The summed E-state index contributed by atoms with van der Waals surface area (Å²) in [5, 5.41) is 7.74. The second-order valence-electron chi connectivity index (χ2n) is 10.3. The summed E-state index contributed by atoms with van der Waals surface area (Å²) < 4.78 is 33.5. The Hall–Kier alpha value is -5.97. The maximum Gasteiger partial charge on any atom is 0.291 e. The van der Waals surface area contributed by atoms with Crippen LogP contribution in [-0.2, 0) is 7.05 Å². The fraction of sp³-hybridized carbons (Fsp3) is 0.0909. The molecule has 0 spiro atoms. The topological polar surface area (TPSA) is 134 Å². The van der Waals surface area contributed by atoms with Crippen molar-refractivity contribution in [3.63, 3.8) is 0 Å². The maximum atomic E-state index is 13.6. The highest BCUT2D eigenvalue weighted by atomic mass is 19.1. The number of halogens is 1. The number of nitrogens with one attached hydrogen (secondary N) is 1. The molecule has 4 heterocycles. The minimum absolute atomic E-state index is 0.0922. The quantitative estimate of drug-likeness (QED) is 0.205. The van der Waals surface area contributed by atoms with Gasteiger partial charge in [-0.25, -0.2) is 14.4 Å². The molecule has 0 saturated carbocycles. The highest BCUT2D eigenvalue weighted by Crippen LogP contribution is 2.44. The van der Waals surface area contributed by atoms with E-state index in [9.17, 15) is 9.18 Å². The zero-order valence-corrected chi connectivity index (χ0v) is 23.4. The third-order valence-corrected chi connectivity index (χ3v) is 7.19. The van der Waals surface area contributed by atoms with E-state index in [1.165, 1.54) is 18.5 Å². The molecular formula is C33H25FN6O4. The fourth-order valence-corrected chi connectivity index (χ4v) is 5.19. The number of nitrogens with two attached hydrogens (primary N) is 1. The molecule has 0 bridgehead atoms. The normalized spacial score (nSPS) is 14.5. The van der Waals surface area contributed by atoms with Crippen LogP contribution in [0, 0.1) is 5.82 Å². The van der Waals surface area contributed by atoms with Gasteiger partial charge in [-0.1, -0.05) is 24.3 Å². The van der Waals surface area contributed by atoms with Crippen LogP contribution in [0.25, 0.3) is 33.7 Å². The van der Waals surface area contributed by atoms with Crippen LogP contribution in [0.15, 0.2) is 112 Å². The van der Waals surface area contributed by atoms with Gasteiger partial charge in [0.1, 0.15) is 34.8 Å². The number of anilines is 1. The molecule has 7 rings (SSSR count). The summed E-state index contributed by atoms with van der Waals surface area (Å²) in [7, 11) is 1.84. The van der Waals surface area contributed by atoms with E-state index in [0.29, 0.717) is 57.6 Å². The van der Waals surface area contributed by atoms with Crippen molar-refractivity contribution in [3.05, 3.63) is 120 Å². The molecule has 2 aromatic carbocycles.